The molecule has 0 bridgehead atoms. The standard InChI is InChI=1S/C10H20BrNO3S/c1-9-8-12(5-4-10(9)11)16(13,14)7-3-6-15-2/h9-10H,3-8H2,1-2H3. The van der Waals surface area contributed by atoms with Crippen LogP contribution in [0, 0.1) is 5.92 Å². The lowest BCUT2D eigenvalue weighted by Crippen LogP contribution is -2.44. The molecule has 0 aromatic carbocycles. The average Bonchev–Trinajstić information content (AvgIpc) is 2.22. The van der Waals surface area contributed by atoms with Gasteiger partial charge in [0, 0.05) is 31.6 Å². The lowest BCUT2D eigenvalue weighted by atomic mass is 10.0. The van der Waals surface area contributed by atoms with Gasteiger partial charge in [-0.25, -0.2) is 12.7 Å². The van der Waals surface area contributed by atoms with E-state index in [9.17, 15) is 8.42 Å². The normalized spacial score (nSPS) is 28.2. The van der Waals surface area contributed by atoms with Crippen LogP contribution in [-0.4, -0.2) is 50.1 Å². The number of ether oxygens (including phenoxy) is 1. The van der Waals surface area contributed by atoms with Gasteiger partial charge in [-0.1, -0.05) is 22.9 Å². The molecule has 0 N–H and O–H groups in total. The van der Waals surface area contributed by atoms with E-state index in [1.807, 2.05) is 0 Å². The molecule has 0 amide bonds. The smallest absolute Gasteiger partial charge is 0.214 e. The van der Waals surface area contributed by atoms with Crippen molar-refractivity contribution in [3.05, 3.63) is 0 Å². The molecule has 6 heteroatoms. The van der Waals surface area contributed by atoms with Crippen LogP contribution in [-0.2, 0) is 14.8 Å². The summed E-state index contributed by atoms with van der Waals surface area (Å²) in [6.45, 7) is 3.85. The third-order valence-electron chi connectivity index (χ3n) is 2.91. The number of hydrogen-bond donors (Lipinski definition) is 0. The van der Waals surface area contributed by atoms with Gasteiger partial charge in [0.05, 0.1) is 5.75 Å². The number of hydrogen-bond acceptors (Lipinski definition) is 3. The van der Waals surface area contributed by atoms with Crippen LogP contribution >= 0.6 is 15.9 Å². The zero-order valence-corrected chi connectivity index (χ0v) is 12.3. The van der Waals surface area contributed by atoms with E-state index in [2.05, 4.69) is 22.9 Å². The minimum Gasteiger partial charge on any atom is -0.385 e. The van der Waals surface area contributed by atoms with Gasteiger partial charge in [-0.3, -0.25) is 0 Å². The van der Waals surface area contributed by atoms with Crippen LogP contribution in [0.5, 0.6) is 0 Å². The first kappa shape index (κ1) is 14.4. The summed E-state index contributed by atoms with van der Waals surface area (Å²) in [6, 6.07) is 0. The summed E-state index contributed by atoms with van der Waals surface area (Å²) in [5, 5.41) is 0. The maximum Gasteiger partial charge on any atom is 0.214 e. The third-order valence-corrected chi connectivity index (χ3v) is 6.19. The van der Waals surface area contributed by atoms with E-state index in [0.717, 1.165) is 6.42 Å². The fourth-order valence-electron chi connectivity index (χ4n) is 1.85. The molecule has 16 heavy (non-hydrogen) atoms. The summed E-state index contributed by atoms with van der Waals surface area (Å²) in [6.07, 6.45) is 1.46. The van der Waals surface area contributed by atoms with Crippen LogP contribution in [0.3, 0.4) is 0 Å². The van der Waals surface area contributed by atoms with Crippen molar-refractivity contribution in [1.82, 2.24) is 4.31 Å². The first-order valence-corrected chi connectivity index (χ1v) is 8.10. The molecule has 1 fully saturated rings. The minimum atomic E-state index is -3.08. The predicted molar refractivity (Wildman–Crippen MR) is 68.3 cm³/mol. The van der Waals surface area contributed by atoms with Gasteiger partial charge in [-0.05, 0) is 18.8 Å². The summed E-state index contributed by atoms with van der Waals surface area (Å²) >= 11 is 3.57. The van der Waals surface area contributed by atoms with E-state index in [0.29, 0.717) is 36.9 Å². The molecule has 0 spiro atoms. The number of methoxy groups -OCH3 is 1. The van der Waals surface area contributed by atoms with Gasteiger partial charge in [0.15, 0.2) is 0 Å². The Hall–Kier alpha value is 0.350. The molecule has 96 valence electrons. The Morgan fingerprint density at radius 3 is 2.75 bits per heavy atom. The van der Waals surface area contributed by atoms with E-state index >= 15 is 0 Å². The Kier molecular flexibility index (Phi) is 5.70. The van der Waals surface area contributed by atoms with Crippen LogP contribution in [0.4, 0.5) is 0 Å². The van der Waals surface area contributed by atoms with Gasteiger partial charge in [0.2, 0.25) is 10.0 Å². The van der Waals surface area contributed by atoms with E-state index in [1.54, 1.807) is 11.4 Å². The molecule has 1 aliphatic rings. The van der Waals surface area contributed by atoms with Crippen molar-refractivity contribution < 1.29 is 13.2 Å². The lowest BCUT2D eigenvalue weighted by molar-refractivity contribution is 0.198. The molecule has 2 atom stereocenters. The number of sulfonamides is 1. The first-order chi connectivity index (χ1) is 7.47. The molecule has 1 saturated heterocycles. The molecule has 1 heterocycles. The Labute approximate surface area is 107 Å². The van der Waals surface area contributed by atoms with Gasteiger partial charge in [0.25, 0.3) is 0 Å². The van der Waals surface area contributed by atoms with E-state index in [-0.39, 0.29) is 5.75 Å². The van der Waals surface area contributed by atoms with Crippen LogP contribution in [0.15, 0.2) is 0 Å². The second-order valence-electron chi connectivity index (χ2n) is 4.30. The van der Waals surface area contributed by atoms with E-state index < -0.39 is 10.0 Å². The molecular weight excluding hydrogens is 294 g/mol. The summed E-state index contributed by atoms with van der Waals surface area (Å²) in [4.78, 5) is 0.443. The quantitative estimate of drug-likeness (QED) is 0.570. The Bertz CT molecular complexity index is 307. The van der Waals surface area contributed by atoms with Crippen LogP contribution in [0.25, 0.3) is 0 Å². The fraction of sp³-hybridized carbons (Fsp3) is 1.00. The van der Waals surface area contributed by atoms with Crippen molar-refractivity contribution in [2.45, 2.75) is 24.6 Å². The van der Waals surface area contributed by atoms with Gasteiger partial charge in [-0.2, -0.15) is 0 Å². The predicted octanol–water partition coefficient (Wildman–Crippen LogP) is 1.46. The van der Waals surface area contributed by atoms with Gasteiger partial charge >= 0.3 is 0 Å². The van der Waals surface area contributed by atoms with Crippen LogP contribution < -0.4 is 0 Å². The maximum absolute atomic E-state index is 12.0. The van der Waals surface area contributed by atoms with Crippen molar-refractivity contribution in [3.63, 3.8) is 0 Å². The van der Waals surface area contributed by atoms with Crippen LogP contribution in [0.1, 0.15) is 19.8 Å². The molecular formula is C10H20BrNO3S. The molecule has 4 nitrogen and oxygen atoms in total. The van der Waals surface area contributed by atoms with E-state index in [4.69, 9.17) is 4.74 Å². The zero-order chi connectivity index (χ0) is 12.2. The van der Waals surface area contributed by atoms with Gasteiger partial charge < -0.3 is 4.74 Å². The Morgan fingerprint density at radius 2 is 2.19 bits per heavy atom. The lowest BCUT2D eigenvalue weighted by Gasteiger charge is -2.33. The van der Waals surface area contributed by atoms with Crippen molar-refractivity contribution in [1.29, 1.82) is 0 Å². The number of rotatable bonds is 5. The van der Waals surface area contributed by atoms with Crippen molar-refractivity contribution in [3.8, 4) is 0 Å². The number of alkyl halides is 1. The van der Waals surface area contributed by atoms with Gasteiger partial charge in [-0.15, -0.1) is 0 Å². The largest absolute Gasteiger partial charge is 0.385 e. The Morgan fingerprint density at radius 1 is 1.50 bits per heavy atom. The minimum absolute atomic E-state index is 0.195. The molecule has 0 aromatic heterocycles. The Balaban J connectivity index is 2.49. The molecule has 0 aromatic rings. The number of halogens is 1. The highest BCUT2D eigenvalue weighted by molar-refractivity contribution is 9.09. The molecule has 0 aliphatic carbocycles. The third kappa shape index (κ3) is 3.98. The second kappa shape index (κ2) is 6.33. The molecule has 1 aliphatic heterocycles. The average molecular weight is 314 g/mol. The topological polar surface area (TPSA) is 46.6 Å². The highest BCUT2D eigenvalue weighted by Gasteiger charge is 2.30. The SMILES string of the molecule is COCCCS(=O)(=O)N1CCC(Br)C(C)C1. The van der Waals surface area contributed by atoms with Crippen molar-refractivity contribution in [2.24, 2.45) is 5.92 Å². The molecule has 0 radical (unpaired) electrons. The summed E-state index contributed by atoms with van der Waals surface area (Å²) in [5.74, 6) is 0.575. The molecule has 1 rings (SSSR count). The van der Waals surface area contributed by atoms with E-state index in [1.165, 1.54) is 0 Å². The summed E-state index contributed by atoms with van der Waals surface area (Å²) in [5.41, 5.74) is 0. The first-order valence-electron chi connectivity index (χ1n) is 5.58. The van der Waals surface area contributed by atoms with Crippen LogP contribution in [0.2, 0.25) is 0 Å². The highest BCUT2D eigenvalue weighted by atomic mass is 79.9. The monoisotopic (exact) mass is 313 g/mol. The number of piperidine rings is 1. The highest BCUT2D eigenvalue weighted by Crippen LogP contribution is 2.25. The van der Waals surface area contributed by atoms with Crippen molar-refractivity contribution in [2.75, 3.05) is 32.6 Å². The molecule has 0 saturated carbocycles. The molecule has 2 unspecified atom stereocenters. The van der Waals surface area contributed by atoms with Crippen molar-refractivity contribution >= 4 is 26.0 Å². The number of nitrogens with zero attached hydrogens (tertiary/aromatic N) is 1. The second-order valence-corrected chi connectivity index (χ2v) is 7.57. The maximum atomic E-state index is 12.0. The van der Waals surface area contributed by atoms with Gasteiger partial charge in [0.1, 0.15) is 0 Å². The zero-order valence-electron chi connectivity index (χ0n) is 9.86. The fourth-order valence-corrected chi connectivity index (χ4v) is 3.80. The summed E-state index contributed by atoms with van der Waals surface area (Å²) < 4.78 is 30.4. The summed E-state index contributed by atoms with van der Waals surface area (Å²) in [7, 11) is -1.49.